The first-order valence-corrected chi connectivity index (χ1v) is 6.91. The number of nitrogens with two attached hydrogens (primary N) is 1. The summed E-state index contributed by atoms with van der Waals surface area (Å²) in [5.41, 5.74) is 9.94. The van der Waals surface area contributed by atoms with Crippen molar-refractivity contribution in [3.05, 3.63) is 56.8 Å². The molecular formula is C15H16Cl2N2O. The molecule has 0 fully saturated rings. The average molecular weight is 311 g/mol. The van der Waals surface area contributed by atoms with Crippen molar-refractivity contribution in [1.29, 1.82) is 0 Å². The van der Waals surface area contributed by atoms with Gasteiger partial charge in [-0.15, -0.1) is 0 Å². The molecule has 0 saturated carbocycles. The number of methoxy groups -OCH3 is 1. The Hall–Kier alpha value is -1.29. The summed E-state index contributed by atoms with van der Waals surface area (Å²) in [5, 5.41) is 0.964. The number of hydrogen-bond acceptors (Lipinski definition) is 3. The number of ether oxygens (including phenoxy) is 1. The minimum atomic E-state index is -0.399. The largest absolute Gasteiger partial charge is 0.496 e. The monoisotopic (exact) mass is 310 g/mol. The average Bonchev–Trinajstić information content (AvgIpc) is 2.40. The zero-order chi connectivity index (χ0) is 14.9. The quantitative estimate of drug-likeness (QED) is 0.930. The van der Waals surface area contributed by atoms with E-state index in [4.69, 9.17) is 33.7 Å². The number of aromatic nitrogens is 1. The summed E-state index contributed by atoms with van der Waals surface area (Å²) < 4.78 is 5.31. The summed E-state index contributed by atoms with van der Waals surface area (Å²) >= 11 is 12.0. The van der Waals surface area contributed by atoms with Gasteiger partial charge in [0.25, 0.3) is 0 Å². The SMILES string of the molecule is COc1cc(C)c(C(N)c2ncc(Cl)cc2Cl)cc1C. The maximum Gasteiger partial charge on any atom is 0.122 e. The second kappa shape index (κ2) is 6.00. The van der Waals surface area contributed by atoms with E-state index in [0.717, 1.165) is 22.4 Å². The molecule has 106 valence electrons. The van der Waals surface area contributed by atoms with Crippen molar-refractivity contribution >= 4 is 23.2 Å². The number of halogens is 2. The molecule has 1 unspecified atom stereocenters. The van der Waals surface area contributed by atoms with E-state index in [1.807, 2.05) is 26.0 Å². The molecule has 0 radical (unpaired) electrons. The normalized spacial score (nSPS) is 12.3. The first-order chi connectivity index (χ1) is 9.43. The third-order valence-electron chi connectivity index (χ3n) is 3.25. The van der Waals surface area contributed by atoms with Crippen molar-refractivity contribution in [3.63, 3.8) is 0 Å². The van der Waals surface area contributed by atoms with Crippen LogP contribution in [0.25, 0.3) is 0 Å². The Balaban J connectivity index is 2.48. The number of hydrogen-bond donors (Lipinski definition) is 1. The lowest BCUT2D eigenvalue weighted by Gasteiger charge is -2.18. The van der Waals surface area contributed by atoms with Crippen molar-refractivity contribution in [2.24, 2.45) is 5.73 Å². The maximum absolute atomic E-state index is 6.30. The van der Waals surface area contributed by atoms with Crippen LogP contribution in [0.4, 0.5) is 0 Å². The molecule has 3 nitrogen and oxygen atoms in total. The van der Waals surface area contributed by atoms with Gasteiger partial charge in [-0.2, -0.15) is 0 Å². The van der Waals surface area contributed by atoms with Crippen LogP contribution in [-0.2, 0) is 0 Å². The molecule has 0 aliphatic carbocycles. The topological polar surface area (TPSA) is 48.1 Å². The lowest BCUT2D eigenvalue weighted by molar-refractivity contribution is 0.411. The molecular weight excluding hydrogens is 295 g/mol. The minimum absolute atomic E-state index is 0.399. The van der Waals surface area contributed by atoms with Crippen LogP contribution < -0.4 is 10.5 Å². The molecule has 0 saturated heterocycles. The molecule has 0 aliphatic rings. The van der Waals surface area contributed by atoms with Gasteiger partial charge < -0.3 is 10.5 Å². The van der Waals surface area contributed by atoms with Gasteiger partial charge in [-0.3, -0.25) is 4.98 Å². The summed E-state index contributed by atoms with van der Waals surface area (Å²) in [6, 6.07) is 5.22. The first kappa shape index (κ1) is 15.1. The van der Waals surface area contributed by atoms with Gasteiger partial charge in [-0.1, -0.05) is 29.3 Å². The standard InChI is InChI=1S/C15H16Cl2N2O/c1-8-5-13(20-3)9(2)4-11(8)14(18)15-12(17)6-10(16)7-19-15/h4-7,14H,18H2,1-3H3. The Labute approximate surface area is 128 Å². The first-order valence-electron chi connectivity index (χ1n) is 6.15. The van der Waals surface area contributed by atoms with E-state index in [9.17, 15) is 0 Å². The predicted molar refractivity (Wildman–Crippen MR) is 82.8 cm³/mol. The fraction of sp³-hybridized carbons (Fsp3) is 0.267. The van der Waals surface area contributed by atoms with Gasteiger partial charge in [0.2, 0.25) is 0 Å². The van der Waals surface area contributed by atoms with Crippen LogP contribution in [0.15, 0.2) is 24.4 Å². The number of rotatable bonds is 3. The molecule has 0 amide bonds. The van der Waals surface area contributed by atoms with Crippen molar-refractivity contribution in [2.75, 3.05) is 7.11 Å². The summed E-state index contributed by atoms with van der Waals surface area (Å²) in [5.74, 6) is 0.841. The highest BCUT2D eigenvalue weighted by Crippen LogP contribution is 2.31. The van der Waals surface area contributed by atoms with Gasteiger partial charge in [0, 0.05) is 6.20 Å². The zero-order valence-electron chi connectivity index (χ0n) is 11.6. The van der Waals surface area contributed by atoms with Crippen molar-refractivity contribution in [2.45, 2.75) is 19.9 Å². The molecule has 2 aromatic rings. The van der Waals surface area contributed by atoms with Gasteiger partial charge >= 0.3 is 0 Å². The summed E-state index contributed by atoms with van der Waals surface area (Å²) in [6.07, 6.45) is 1.55. The van der Waals surface area contributed by atoms with E-state index in [1.54, 1.807) is 19.4 Å². The van der Waals surface area contributed by atoms with Crippen molar-refractivity contribution in [1.82, 2.24) is 4.98 Å². The third-order valence-corrected chi connectivity index (χ3v) is 3.76. The lowest BCUT2D eigenvalue weighted by Crippen LogP contribution is -2.16. The fourth-order valence-corrected chi connectivity index (χ4v) is 2.67. The molecule has 1 heterocycles. The lowest BCUT2D eigenvalue weighted by atomic mass is 9.96. The van der Waals surface area contributed by atoms with E-state index in [1.165, 1.54) is 0 Å². The summed E-state index contributed by atoms with van der Waals surface area (Å²) in [7, 11) is 1.65. The molecule has 1 atom stereocenters. The van der Waals surface area contributed by atoms with Crippen molar-refractivity contribution < 1.29 is 4.74 Å². The molecule has 1 aromatic carbocycles. The van der Waals surface area contributed by atoms with Gasteiger partial charge in [0.15, 0.2) is 0 Å². The number of benzene rings is 1. The Bertz CT molecular complexity index is 644. The fourth-order valence-electron chi connectivity index (χ4n) is 2.17. The van der Waals surface area contributed by atoms with E-state index in [2.05, 4.69) is 4.98 Å². The highest BCUT2D eigenvalue weighted by atomic mass is 35.5. The number of pyridine rings is 1. The van der Waals surface area contributed by atoms with Crippen LogP contribution in [0.2, 0.25) is 10.0 Å². The van der Waals surface area contributed by atoms with Gasteiger partial charge in [0.1, 0.15) is 5.75 Å². The number of aryl methyl sites for hydroxylation is 2. The number of nitrogens with zero attached hydrogens (tertiary/aromatic N) is 1. The van der Waals surface area contributed by atoms with Crippen LogP contribution in [0.3, 0.4) is 0 Å². The Morgan fingerprint density at radius 2 is 1.85 bits per heavy atom. The van der Waals surface area contributed by atoms with E-state index in [0.29, 0.717) is 15.7 Å². The second-order valence-corrected chi connectivity index (χ2v) is 5.52. The Morgan fingerprint density at radius 1 is 1.15 bits per heavy atom. The van der Waals surface area contributed by atoms with Crippen LogP contribution in [0, 0.1) is 13.8 Å². The van der Waals surface area contributed by atoms with E-state index < -0.39 is 6.04 Å². The second-order valence-electron chi connectivity index (χ2n) is 4.68. The molecule has 5 heteroatoms. The highest BCUT2D eigenvalue weighted by molar-refractivity contribution is 6.34. The molecule has 2 rings (SSSR count). The summed E-state index contributed by atoms with van der Waals surface area (Å²) in [4.78, 5) is 4.25. The molecule has 0 bridgehead atoms. The van der Waals surface area contributed by atoms with Gasteiger partial charge in [-0.25, -0.2) is 0 Å². The zero-order valence-corrected chi connectivity index (χ0v) is 13.1. The highest BCUT2D eigenvalue weighted by Gasteiger charge is 2.18. The van der Waals surface area contributed by atoms with E-state index >= 15 is 0 Å². The van der Waals surface area contributed by atoms with Crippen LogP contribution in [-0.4, -0.2) is 12.1 Å². The van der Waals surface area contributed by atoms with Gasteiger partial charge in [-0.05, 0) is 42.7 Å². The molecule has 2 N–H and O–H groups in total. The molecule has 0 spiro atoms. The Kier molecular flexibility index (Phi) is 4.53. The predicted octanol–water partition coefficient (Wildman–Crippen LogP) is 4.06. The minimum Gasteiger partial charge on any atom is -0.496 e. The van der Waals surface area contributed by atoms with Crippen LogP contribution >= 0.6 is 23.2 Å². The Morgan fingerprint density at radius 3 is 2.45 bits per heavy atom. The molecule has 1 aromatic heterocycles. The van der Waals surface area contributed by atoms with Crippen LogP contribution in [0.1, 0.15) is 28.4 Å². The maximum atomic E-state index is 6.30. The van der Waals surface area contributed by atoms with Gasteiger partial charge in [0.05, 0.1) is 28.9 Å². The molecule has 20 heavy (non-hydrogen) atoms. The smallest absolute Gasteiger partial charge is 0.122 e. The summed E-state index contributed by atoms with van der Waals surface area (Å²) in [6.45, 7) is 3.96. The molecule has 0 aliphatic heterocycles. The van der Waals surface area contributed by atoms with E-state index in [-0.39, 0.29) is 0 Å². The van der Waals surface area contributed by atoms with Crippen LogP contribution in [0.5, 0.6) is 5.75 Å². The van der Waals surface area contributed by atoms with Crippen molar-refractivity contribution in [3.8, 4) is 5.75 Å². The third kappa shape index (κ3) is 2.90.